The maximum atomic E-state index is 6.91. The molecule has 0 fully saturated rings. The van der Waals surface area contributed by atoms with Crippen molar-refractivity contribution >= 4 is 122 Å². The summed E-state index contributed by atoms with van der Waals surface area (Å²) in [6.07, 6.45) is 0. The number of hydrogen-bond donors (Lipinski definition) is 0. The lowest BCUT2D eigenvalue weighted by Crippen LogP contribution is -2.09. The van der Waals surface area contributed by atoms with Crippen molar-refractivity contribution in [1.82, 2.24) is 9.13 Å². The fraction of sp³-hybridized carbons (Fsp3) is 0. The van der Waals surface area contributed by atoms with Crippen LogP contribution in [0.1, 0.15) is 0 Å². The van der Waals surface area contributed by atoms with Crippen molar-refractivity contribution in [2.45, 2.75) is 0 Å². The zero-order valence-electron chi connectivity index (χ0n) is 38.9. The van der Waals surface area contributed by atoms with Crippen LogP contribution in [0.5, 0.6) is 0 Å². The molecule has 0 N–H and O–H groups in total. The summed E-state index contributed by atoms with van der Waals surface area (Å²) in [6, 6.07) is 90.7. The molecule has 0 saturated carbocycles. The highest BCUT2D eigenvalue weighted by atomic mass is 16.3. The van der Waals surface area contributed by atoms with E-state index in [9.17, 15) is 0 Å². The SMILES string of the molecule is c1ccc(N(c2ccccc2)c2ccc(-n3c4cc5c6c7oc8ccccc8c7ccc6n(-c6ccc(N(c7ccccc7)c7ccccc7)cc6)c5cc4c4c5oc6ccccc6c5ccc43)cc2)cc1. The van der Waals surface area contributed by atoms with Crippen molar-refractivity contribution in [2.75, 3.05) is 9.80 Å². The molecule has 0 amide bonds. The molecule has 0 spiro atoms. The number of anilines is 6. The van der Waals surface area contributed by atoms with Crippen molar-refractivity contribution in [3.8, 4) is 11.4 Å². The van der Waals surface area contributed by atoms with Crippen LogP contribution in [-0.2, 0) is 0 Å². The molecule has 6 nitrogen and oxygen atoms in total. The van der Waals surface area contributed by atoms with Crippen LogP contribution < -0.4 is 9.80 Å². The Labute approximate surface area is 413 Å². The van der Waals surface area contributed by atoms with E-state index in [1.807, 2.05) is 12.1 Å². The summed E-state index contributed by atoms with van der Waals surface area (Å²) >= 11 is 0. The normalized spacial score (nSPS) is 11.9. The zero-order chi connectivity index (χ0) is 47.3. The van der Waals surface area contributed by atoms with Gasteiger partial charge in [0, 0.05) is 77.8 Å². The first-order chi connectivity index (χ1) is 35.7. The van der Waals surface area contributed by atoms with Gasteiger partial charge in [0.25, 0.3) is 0 Å². The Morgan fingerprint density at radius 3 is 0.931 bits per heavy atom. The summed E-state index contributed by atoms with van der Waals surface area (Å²) in [5, 5.41) is 8.73. The van der Waals surface area contributed by atoms with Gasteiger partial charge in [-0.3, -0.25) is 0 Å². The van der Waals surface area contributed by atoms with Gasteiger partial charge in [-0.15, -0.1) is 0 Å². The smallest absolute Gasteiger partial charge is 0.145 e. The summed E-state index contributed by atoms with van der Waals surface area (Å²) in [5.74, 6) is 0. The third-order valence-corrected chi connectivity index (χ3v) is 14.5. The van der Waals surface area contributed by atoms with Gasteiger partial charge in [0.1, 0.15) is 22.3 Å². The van der Waals surface area contributed by atoms with E-state index >= 15 is 0 Å². The molecule has 0 bridgehead atoms. The zero-order valence-corrected chi connectivity index (χ0v) is 38.9. The maximum absolute atomic E-state index is 6.91. The Bertz CT molecular complexity index is 4160. The third kappa shape index (κ3) is 6.09. The van der Waals surface area contributed by atoms with E-state index in [0.29, 0.717) is 0 Å². The molecular formula is C66H42N4O2. The number of hydrogen-bond acceptors (Lipinski definition) is 4. The van der Waals surface area contributed by atoms with E-state index in [0.717, 1.165) is 133 Å². The third-order valence-electron chi connectivity index (χ3n) is 14.5. The van der Waals surface area contributed by atoms with Crippen molar-refractivity contribution in [3.05, 3.63) is 255 Å². The Balaban J connectivity index is 1.00. The minimum Gasteiger partial charge on any atom is -0.455 e. The predicted molar refractivity (Wildman–Crippen MR) is 299 cm³/mol. The first-order valence-corrected chi connectivity index (χ1v) is 24.4. The summed E-state index contributed by atoms with van der Waals surface area (Å²) in [6.45, 7) is 0. The minimum absolute atomic E-state index is 0.870. The predicted octanol–water partition coefficient (Wildman–Crippen LogP) is 18.6. The standard InChI is InChI=1S/C66H42N4O2/c1-5-17-43(18-6-1)67(44-19-7-2-8-20-44)47-29-33-49(34-30-47)69-57-39-37-53-51-25-13-15-27-61(51)71-65(53)63(57)55-42-60-56(41-59(55)69)64-58(40-38-54-52-26-14-16-28-62(52)72-66(54)64)70(60)50-35-31-48(32-36-50)68(45-21-9-3-10-22-45)46-23-11-4-12-24-46/h1-42H. The van der Waals surface area contributed by atoms with E-state index in [1.54, 1.807) is 0 Å². The van der Waals surface area contributed by atoms with Crippen LogP contribution >= 0.6 is 0 Å². The van der Waals surface area contributed by atoms with Crippen LogP contribution in [0.25, 0.3) is 98.9 Å². The topological polar surface area (TPSA) is 42.6 Å². The maximum Gasteiger partial charge on any atom is 0.145 e. The molecule has 0 aliphatic rings. The first-order valence-electron chi connectivity index (χ1n) is 24.4. The fourth-order valence-electron chi connectivity index (χ4n) is 11.3. The lowest BCUT2D eigenvalue weighted by Gasteiger charge is -2.25. The number of benzene rings is 11. The number of fused-ring (bicyclic) bond motifs is 14. The monoisotopic (exact) mass is 922 g/mol. The van der Waals surface area contributed by atoms with Gasteiger partial charge in [0.2, 0.25) is 0 Å². The van der Waals surface area contributed by atoms with Crippen LogP contribution in [0.2, 0.25) is 0 Å². The number of nitrogens with zero attached hydrogens (tertiary/aromatic N) is 4. The molecule has 0 aliphatic heterocycles. The highest BCUT2D eigenvalue weighted by Gasteiger charge is 2.25. The van der Waals surface area contributed by atoms with E-state index in [2.05, 4.69) is 262 Å². The molecule has 0 aliphatic carbocycles. The Kier molecular flexibility index (Phi) is 8.86. The van der Waals surface area contributed by atoms with E-state index in [1.165, 1.54) is 0 Å². The van der Waals surface area contributed by atoms with Crippen molar-refractivity contribution in [2.24, 2.45) is 0 Å². The lowest BCUT2D eigenvalue weighted by atomic mass is 10.0. The van der Waals surface area contributed by atoms with Crippen LogP contribution in [0, 0.1) is 0 Å². The highest BCUT2D eigenvalue weighted by Crippen LogP contribution is 2.47. The number of rotatable bonds is 8. The fourth-order valence-corrected chi connectivity index (χ4v) is 11.3. The molecule has 72 heavy (non-hydrogen) atoms. The molecule has 11 aromatic carbocycles. The molecule has 4 heterocycles. The number of para-hydroxylation sites is 6. The second-order valence-corrected chi connectivity index (χ2v) is 18.5. The second kappa shape index (κ2) is 15.9. The lowest BCUT2D eigenvalue weighted by molar-refractivity contribution is 0.672. The first kappa shape index (κ1) is 40.1. The quantitative estimate of drug-likeness (QED) is 0.152. The highest BCUT2D eigenvalue weighted by molar-refractivity contribution is 6.29. The molecule has 6 heteroatoms. The van der Waals surface area contributed by atoms with E-state index in [4.69, 9.17) is 8.83 Å². The van der Waals surface area contributed by atoms with Crippen LogP contribution in [0.15, 0.2) is 264 Å². The molecule has 0 radical (unpaired) electrons. The summed E-state index contributed by atoms with van der Waals surface area (Å²) in [5.41, 5.74) is 16.4. The van der Waals surface area contributed by atoms with Gasteiger partial charge >= 0.3 is 0 Å². The van der Waals surface area contributed by atoms with Crippen LogP contribution in [0.3, 0.4) is 0 Å². The average molecular weight is 923 g/mol. The molecule has 0 saturated heterocycles. The Hall–Kier alpha value is -9.78. The van der Waals surface area contributed by atoms with Gasteiger partial charge in [-0.2, -0.15) is 0 Å². The van der Waals surface area contributed by atoms with Crippen LogP contribution in [-0.4, -0.2) is 9.13 Å². The molecular weight excluding hydrogens is 881 g/mol. The number of furan rings is 2. The van der Waals surface area contributed by atoms with Crippen molar-refractivity contribution < 1.29 is 8.83 Å². The summed E-state index contributed by atoms with van der Waals surface area (Å²) in [4.78, 5) is 4.61. The molecule has 0 atom stereocenters. The molecule has 15 rings (SSSR count). The average Bonchev–Trinajstić information content (AvgIpc) is 4.20. The Morgan fingerprint density at radius 2 is 0.569 bits per heavy atom. The van der Waals surface area contributed by atoms with Crippen LogP contribution in [0.4, 0.5) is 34.1 Å². The van der Waals surface area contributed by atoms with Gasteiger partial charge in [-0.05, 0) is 146 Å². The second-order valence-electron chi connectivity index (χ2n) is 18.5. The molecule has 0 unspecified atom stereocenters. The van der Waals surface area contributed by atoms with Gasteiger partial charge in [0.05, 0.1) is 32.8 Å². The molecule has 338 valence electrons. The largest absolute Gasteiger partial charge is 0.455 e. The Morgan fingerprint density at radius 1 is 0.250 bits per heavy atom. The van der Waals surface area contributed by atoms with Gasteiger partial charge < -0.3 is 27.8 Å². The van der Waals surface area contributed by atoms with Gasteiger partial charge in [0.15, 0.2) is 0 Å². The molecule has 4 aromatic heterocycles. The van der Waals surface area contributed by atoms with Gasteiger partial charge in [-0.25, -0.2) is 0 Å². The summed E-state index contributed by atoms with van der Waals surface area (Å²) in [7, 11) is 0. The number of aromatic nitrogens is 2. The summed E-state index contributed by atoms with van der Waals surface area (Å²) < 4.78 is 18.6. The van der Waals surface area contributed by atoms with E-state index in [-0.39, 0.29) is 0 Å². The van der Waals surface area contributed by atoms with Crippen molar-refractivity contribution in [3.63, 3.8) is 0 Å². The van der Waals surface area contributed by atoms with Crippen molar-refractivity contribution in [1.29, 1.82) is 0 Å². The molecule has 15 aromatic rings. The van der Waals surface area contributed by atoms with E-state index < -0.39 is 0 Å². The van der Waals surface area contributed by atoms with Gasteiger partial charge in [-0.1, -0.05) is 109 Å². The minimum atomic E-state index is 0.870.